The third-order valence-corrected chi connectivity index (χ3v) is 4.39. The van der Waals surface area contributed by atoms with E-state index in [9.17, 15) is 4.79 Å². The Morgan fingerprint density at radius 3 is 2.91 bits per heavy atom. The molecule has 4 heteroatoms. The van der Waals surface area contributed by atoms with Crippen molar-refractivity contribution in [1.82, 2.24) is 4.90 Å². The minimum Gasteiger partial charge on any atom is -0.494 e. The number of benzene rings is 1. The van der Waals surface area contributed by atoms with E-state index in [0.29, 0.717) is 12.6 Å². The molecular formula is C18H28N2O2. The van der Waals surface area contributed by atoms with Crippen molar-refractivity contribution < 1.29 is 9.53 Å². The molecule has 1 aliphatic rings. The van der Waals surface area contributed by atoms with Crippen molar-refractivity contribution in [3.05, 3.63) is 29.3 Å². The van der Waals surface area contributed by atoms with E-state index in [0.717, 1.165) is 42.9 Å². The standard InChI is InChI=1S/C18H28N2O2/c1-3-22-18-8-7-15(14(2)21)12-16(18)13-20-11-5-4-6-17(20)9-10-19/h7-8,12,17H,3-6,9-11,13,19H2,1-2H3. The summed E-state index contributed by atoms with van der Waals surface area (Å²) in [5.41, 5.74) is 7.63. The average molecular weight is 304 g/mol. The highest BCUT2D eigenvalue weighted by Gasteiger charge is 2.23. The first-order valence-electron chi connectivity index (χ1n) is 8.36. The highest BCUT2D eigenvalue weighted by Crippen LogP contribution is 2.27. The van der Waals surface area contributed by atoms with Crippen LogP contribution in [0.2, 0.25) is 0 Å². The van der Waals surface area contributed by atoms with Crippen molar-refractivity contribution in [2.45, 2.75) is 52.1 Å². The molecule has 0 spiro atoms. The predicted molar refractivity (Wildman–Crippen MR) is 89.3 cm³/mol. The van der Waals surface area contributed by atoms with E-state index < -0.39 is 0 Å². The van der Waals surface area contributed by atoms with Crippen LogP contribution in [0.3, 0.4) is 0 Å². The van der Waals surface area contributed by atoms with Crippen LogP contribution in [0.5, 0.6) is 5.75 Å². The molecule has 1 saturated heterocycles. The smallest absolute Gasteiger partial charge is 0.159 e. The summed E-state index contributed by atoms with van der Waals surface area (Å²) >= 11 is 0. The highest BCUT2D eigenvalue weighted by molar-refractivity contribution is 5.94. The van der Waals surface area contributed by atoms with Crippen molar-refractivity contribution in [2.75, 3.05) is 19.7 Å². The van der Waals surface area contributed by atoms with Gasteiger partial charge in [0.05, 0.1) is 6.61 Å². The zero-order valence-electron chi connectivity index (χ0n) is 13.8. The molecule has 122 valence electrons. The highest BCUT2D eigenvalue weighted by atomic mass is 16.5. The zero-order chi connectivity index (χ0) is 15.9. The van der Waals surface area contributed by atoms with Crippen LogP contribution in [0.15, 0.2) is 18.2 Å². The SMILES string of the molecule is CCOc1ccc(C(C)=O)cc1CN1CCCCC1CCN. The Morgan fingerprint density at radius 1 is 1.41 bits per heavy atom. The Hall–Kier alpha value is -1.39. The van der Waals surface area contributed by atoms with Gasteiger partial charge in [-0.1, -0.05) is 6.42 Å². The molecule has 2 N–H and O–H groups in total. The van der Waals surface area contributed by atoms with Gasteiger partial charge in [0.2, 0.25) is 0 Å². The van der Waals surface area contributed by atoms with Crippen LogP contribution in [0, 0.1) is 0 Å². The van der Waals surface area contributed by atoms with E-state index in [1.807, 2.05) is 25.1 Å². The number of carbonyl (C=O) groups is 1. The topological polar surface area (TPSA) is 55.6 Å². The Morgan fingerprint density at radius 2 is 2.23 bits per heavy atom. The maximum Gasteiger partial charge on any atom is 0.159 e. The number of nitrogens with two attached hydrogens (primary N) is 1. The summed E-state index contributed by atoms with van der Waals surface area (Å²) in [7, 11) is 0. The van der Waals surface area contributed by atoms with Gasteiger partial charge in [-0.25, -0.2) is 0 Å². The predicted octanol–water partition coefficient (Wildman–Crippen LogP) is 2.99. The number of ketones is 1. The Bertz CT molecular complexity index is 500. The summed E-state index contributed by atoms with van der Waals surface area (Å²) in [6.45, 7) is 6.89. The average Bonchev–Trinajstić information content (AvgIpc) is 2.51. The number of rotatable bonds is 7. The van der Waals surface area contributed by atoms with Gasteiger partial charge in [0.25, 0.3) is 0 Å². The number of ether oxygens (including phenoxy) is 1. The van der Waals surface area contributed by atoms with Crippen molar-refractivity contribution >= 4 is 5.78 Å². The maximum absolute atomic E-state index is 11.7. The van der Waals surface area contributed by atoms with E-state index in [2.05, 4.69) is 4.90 Å². The summed E-state index contributed by atoms with van der Waals surface area (Å²) in [4.78, 5) is 14.2. The summed E-state index contributed by atoms with van der Waals surface area (Å²) in [5, 5.41) is 0. The van der Waals surface area contributed by atoms with Gasteiger partial charge in [-0.2, -0.15) is 0 Å². The van der Waals surface area contributed by atoms with Crippen molar-refractivity contribution in [1.29, 1.82) is 0 Å². The van der Waals surface area contributed by atoms with Crippen LogP contribution in [-0.2, 0) is 6.54 Å². The molecule has 1 atom stereocenters. The molecular weight excluding hydrogens is 276 g/mol. The monoisotopic (exact) mass is 304 g/mol. The lowest BCUT2D eigenvalue weighted by Crippen LogP contribution is -2.40. The van der Waals surface area contributed by atoms with Crippen molar-refractivity contribution in [3.8, 4) is 5.75 Å². The maximum atomic E-state index is 11.7. The minimum atomic E-state index is 0.0986. The van der Waals surface area contributed by atoms with E-state index in [4.69, 9.17) is 10.5 Å². The molecule has 0 radical (unpaired) electrons. The molecule has 1 aromatic carbocycles. The lowest BCUT2D eigenvalue weighted by Gasteiger charge is -2.36. The fraction of sp³-hybridized carbons (Fsp3) is 0.611. The molecule has 0 aliphatic carbocycles. The van der Waals surface area contributed by atoms with E-state index >= 15 is 0 Å². The largest absolute Gasteiger partial charge is 0.494 e. The third-order valence-electron chi connectivity index (χ3n) is 4.39. The van der Waals surface area contributed by atoms with Crippen LogP contribution in [0.25, 0.3) is 0 Å². The molecule has 0 amide bonds. The fourth-order valence-electron chi connectivity index (χ4n) is 3.22. The number of nitrogens with zero attached hydrogens (tertiary/aromatic N) is 1. The number of carbonyl (C=O) groups excluding carboxylic acids is 1. The fourth-order valence-corrected chi connectivity index (χ4v) is 3.22. The van der Waals surface area contributed by atoms with Crippen molar-refractivity contribution in [2.24, 2.45) is 5.73 Å². The second kappa shape index (κ2) is 8.30. The number of hydrogen-bond donors (Lipinski definition) is 1. The molecule has 0 bridgehead atoms. The molecule has 1 aliphatic heterocycles. The van der Waals surface area contributed by atoms with Gasteiger partial charge >= 0.3 is 0 Å². The normalized spacial score (nSPS) is 19.1. The number of likely N-dealkylation sites (tertiary alicyclic amines) is 1. The lowest BCUT2D eigenvalue weighted by molar-refractivity contribution is 0.101. The van der Waals surface area contributed by atoms with Crippen LogP contribution in [-0.4, -0.2) is 36.4 Å². The third kappa shape index (κ3) is 4.31. The van der Waals surface area contributed by atoms with Crippen LogP contribution in [0.4, 0.5) is 0 Å². The van der Waals surface area contributed by atoms with Crippen LogP contribution >= 0.6 is 0 Å². The van der Waals surface area contributed by atoms with Gasteiger partial charge in [0.1, 0.15) is 5.75 Å². The number of Topliss-reactive ketones (excluding diaryl/α,β-unsaturated/α-hetero) is 1. The van der Waals surface area contributed by atoms with Gasteiger partial charge in [-0.05, 0) is 64.4 Å². The summed E-state index contributed by atoms with van der Waals surface area (Å²) in [5.74, 6) is 0.992. The first-order chi connectivity index (χ1) is 10.7. The summed E-state index contributed by atoms with van der Waals surface area (Å²) in [6.07, 6.45) is 4.77. The lowest BCUT2D eigenvalue weighted by atomic mass is 9.98. The Labute approximate surface area is 133 Å². The first-order valence-corrected chi connectivity index (χ1v) is 8.36. The molecule has 22 heavy (non-hydrogen) atoms. The number of hydrogen-bond acceptors (Lipinski definition) is 4. The Kier molecular flexibility index (Phi) is 6.40. The molecule has 4 nitrogen and oxygen atoms in total. The van der Waals surface area contributed by atoms with Crippen LogP contribution < -0.4 is 10.5 Å². The minimum absolute atomic E-state index is 0.0986. The molecule has 0 aromatic heterocycles. The molecule has 2 rings (SSSR count). The van der Waals surface area contributed by atoms with Gasteiger partial charge in [0, 0.05) is 23.7 Å². The number of piperidine rings is 1. The van der Waals surface area contributed by atoms with Gasteiger partial charge in [-0.15, -0.1) is 0 Å². The molecule has 1 fully saturated rings. The van der Waals surface area contributed by atoms with Gasteiger partial charge in [0.15, 0.2) is 5.78 Å². The van der Waals surface area contributed by atoms with Gasteiger partial charge < -0.3 is 10.5 Å². The second-order valence-corrected chi connectivity index (χ2v) is 6.01. The molecule has 0 saturated carbocycles. The van der Waals surface area contributed by atoms with Gasteiger partial charge in [-0.3, -0.25) is 9.69 Å². The first kappa shape index (κ1) is 17.0. The zero-order valence-corrected chi connectivity index (χ0v) is 13.8. The summed E-state index contributed by atoms with van der Waals surface area (Å²) in [6, 6.07) is 6.32. The van der Waals surface area contributed by atoms with Crippen molar-refractivity contribution in [3.63, 3.8) is 0 Å². The quantitative estimate of drug-likeness (QED) is 0.787. The Balaban J connectivity index is 2.21. The van der Waals surface area contributed by atoms with E-state index in [1.54, 1.807) is 6.92 Å². The van der Waals surface area contributed by atoms with Crippen LogP contribution in [0.1, 0.15) is 55.5 Å². The summed E-state index contributed by atoms with van der Waals surface area (Å²) < 4.78 is 5.75. The van der Waals surface area contributed by atoms with E-state index in [-0.39, 0.29) is 5.78 Å². The second-order valence-electron chi connectivity index (χ2n) is 6.01. The molecule has 1 unspecified atom stereocenters. The molecule has 1 heterocycles. The molecule has 1 aromatic rings. The van der Waals surface area contributed by atoms with E-state index in [1.165, 1.54) is 19.3 Å².